The third-order valence-electron chi connectivity index (χ3n) is 7.20. The number of pyridine rings is 1. The Hall–Kier alpha value is -3.54. The zero-order chi connectivity index (χ0) is 25.5. The van der Waals surface area contributed by atoms with Crippen LogP contribution in [0.15, 0.2) is 36.5 Å². The summed E-state index contributed by atoms with van der Waals surface area (Å²) >= 11 is 0. The van der Waals surface area contributed by atoms with Gasteiger partial charge in [-0.15, -0.1) is 0 Å². The van der Waals surface area contributed by atoms with E-state index in [1.54, 1.807) is 20.0 Å². The Balaban J connectivity index is 1.47. The van der Waals surface area contributed by atoms with Crippen molar-refractivity contribution in [2.24, 2.45) is 5.92 Å². The maximum atomic E-state index is 10.5. The van der Waals surface area contributed by atoms with Crippen molar-refractivity contribution in [3.63, 3.8) is 0 Å². The Bertz CT molecular complexity index is 1340. The number of nitrogens with zero attached hydrogens (tertiary/aromatic N) is 4. The summed E-state index contributed by atoms with van der Waals surface area (Å²) in [6.45, 7) is 6.02. The van der Waals surface area contributed by atoms with Gasteiger partial charge in [0, 0.05) is 23.7 Å². The summed E-state index contributed by atoms with van der Waals surface area (Å²) in [6.07, 6.45) is 6.13. The lowest BCUT2D eigenvalue weighted by molar-refractivity contribution is 0.0736. The van der Waals surface area contributed by atoms with E-state index in [1.165, 1.54) is 12.8 Å². The minimum Gasteiger partial charge on any atom is -0.395 e. The molecule has 3 aromatic rings. The van der Waals surface area contributed by atoms with Crippen LogP contribution in [0.3, 0.4) is 0 Å². The smallest absolute Gasteiger partial charge is 0.227 e. The van der Waals surface area contributed by atoms with Gasteiger partial charge in [-0.2, -0.15) is 5.26 Å². The second-order valence-corrected chi connectivity index (χ2v) is 10.8. The van der Waals surface area contributed by atoms with Crippen LogP contribution in [0, 0.1) is 17.2 Å². The van der Waals surface area contributed by atoms with Gasteiger partial charge < -0.3 is 20.8 Å². The van der Waals surface area contributed by atoms with Crippen molar-refractivity contribution in [2.75, 3.05) is 23.8 Å². The Morgan fingerprint density at radius 2 is 2.03 bits per heavy atom. The molecule has 0 amide bonds. The monoisotopic (exact) mass is 484 g/mol. The molecule has 0 saturated heterocycles. The summed E-state index contributed by atoms with van der Waals surface area (Å²) in [5.41, 5.74) is 4.57. The number of aliphatic hydroxyl groups excluding tert-OH is 1. The lowest BCUT2D eigenvalue weighted by Gasteiger charge is -2.21. The highest BCUT2D eigenvalue weighted by Crippen LogP contribution is 2.41. The van der Waals surface area contributed by atoms with Crippen molar-refractivity contribution in [1.29, 1.82) is 5.26 Å². The van der Waals surface area contributed by atoms with E-state index in [-0.39, 0.29) is 6.61 Å². The van der Waals surface area contributed by atoms with Crippen LogP contribution >= 0.6 is 0 Å². The quantitative estimate of drug-likeness (QED) is 0.371. The Kier molecular flexibility index (Phi) is 6.15. The van der Waals surface area contributed by atoms with E-state index >= 15 is 0 Å². The van der Waals surface area contributed by atoms with Crippen LogP contribution in [-0.2, 0) is 17.4 Å². The van der Waals surface area contributed by atoms with Crippen molar-refractivity contribution < 1.29 is 10.2 Å². The van der Waals surface area contributed by atoms with Gasteiger partial charge in [0.15, 0.2) is 0 Å². The Morgan fingerprint density at radius 3 is 2.72 bits per heavy atom. The molecule has 1 saturated carbocycles. The van der Waals surface area contributed by atoms with Gasteiger partial charge >= 0.3 is 0 Å². The fourth-order valence-electron chi connectivity index (χ4n) is 4.66. The first kappa shape index (κ1) is 24.2. The molecule has 5 rings (SSSR count). The van der Waals surface area contributed by atoms with Gasteiger partial charge in [0.1, 0.15) is 11.7 Å². The molecule has 8 heteroatoms. The van der Waals surface area contributed by atoms with Crippen LogP contribution in [0.4, 0.5) is 17.3 Å². The number of fused-ring (bicyclic) bond motifs is 1. The standard InChI is InChI=1S/C28H32N6O2/c1-27(2,36)24-9-8-23(22(32-24)7-6-17-4-5-17)34-26-30-11-10-21(33-26)18-12-19(14-29)25-20(13-18)28(3,16-35)15-31-25/h8-13,17,31,35-36H,4-7,15-16H2,1-3H3,(H,30,33,34)/t28-/m1/s1. The third kappa shape index (κ3) is 4.77. The van der Waals surface area contributed by atoms with Crippen LogP contribution in [0.1, 0.15) is 62.5 Å². The van der Waals surface area contributed by atoms with Crippen LogP contribution in [0.5, 0.6) is 0 Å². The van der Waals surface area contributed by atoms with Gasteiger partial charge in [0.2, 0.25) is 5.95 Å². The Labute approximate surface area is 211 Å². The first-order valence-electron chi connectivity index (χ1n) is 12.5. The van der Waals surface area contributed by atoms with Crippen LogP contribution < -0.4 is 10.6 Å². The highest BCUT2D eigenvalue weighted by molar-refractivity contribution is 5.76. The minimum atomic E-state index is -1.02. The first-order chi connectivity index (χ1) is 17.2. The summed E-state index contributed by atoms with van der Waals surface area (Å²) in [6, 6.07) is 11.7. The molecule has 1 fully saturated rings. The van der Waals surface area contributed by atoms with Crippen LogP contribution in [0.2, 0.25) is 0 Å². The molecule has 1 aliphatic carbocycles. The van der Waals surface area contributed by atoms with E-state index in [4.69, 9.17) is 9.97 Å². The minimum absolute atomic E-state index is 0.0187. The molecular weight excluding hydrogens is 452 g/mol. The topological polar surface area (TPSA) is 127 Å². The number of aryl methyl sites for hydroxylation is 1. The number of nitriles is 1. The number of benzene rings is 1. The molecule has 4 N–H and O–H groups in total. The van der Waals surface area contributed by atoms with Gasteiger partial charge in [-0.1, -0.05) is 19.8 Å². The molecule has 1 aliphatic heterocycles. The zero-order valence-corrected chi connectivity index (χ0v) is 21.0. The van der Waals surface area contributed by atoms with Gasteiger partial charge in [-0.25, -0.2) is 9.97 Å². The number of aliphatic hydroxyl groups is 2. The van der Waals surface area contributed by atoms with Crippen molar-refractivity contribution >= 4 is 17.3 Å². The highest BCUT2D eigenvalue weighted by Gasteiger charge is 2.36. The van der Waals surface area contributed by atoms with E-state index < -0.39 is 11.0 Å². The van der Waals surface area contributed by atoms with Crippen LogP contribution in [0.25, 0.3) is 11.3 Å². The SMILES string of the molecule is CC(C)(O)c1ccc(Nc2nccc(-c3cc(C#N)c4c(c3)[C@@](C)(CO)CN4)n2)c(CCC2CC2)n1. The molecule has 1 atom stereocenters. The first-order valence-corrected chi connectivity index (χ1v) is 12.5. The molecular formula is C28H32N6O2. The number of hydrogen-bond acceptors (Lipinski definition) is 8. The summed E-state index contributed by atoms with van der Waals surface area (Å²) in [4.78, 5) is 13.9. The van der Waals surface area contributed by atoms with E-state index in [1.807, 2.05) is 37.3 Å². The molecule has 1 aromatic carbocycles. The lowest BCUT2D eigenvalue weighted by atomic mass is 9.83. The van der Waals surface area contributed by atoms with Crippen molar-refractivity contribution in [2.45, 2.75) is 57.5 Å². The summed E-state index contributed by atoms with van der Waals surface area (Å²) in [5, 5.41) is 36.8. The predicted molar refractivity (Wildman–Crippen MR) is 139 cm³/mol. The molecule has 8 nitrogen and oxygen atoms in total. The summed E-state index contributed by atoms with van der Waals surface area (Å²) in [5.74, 6) is 1.19. The fourth-order valence-corrected chi connectivity index (χ4v) is 4.66. The summed E-state index contributed by atoms with van der Waals surface area (Å²) < 4.78 is 0. The van der Waals surface area contributed by atoms with E-state index in [2.05, 4.69) is 21.7 Å². The van der Waals surface area contributed by atoms with E-state index in [9.17, 15) is 15.5 Å². The second-order valence-electron chi connectivity index (χ2n) is 10.8. The molecule has 2 aliphatic rings. The number of aromatic nitrogens is 3. The van der Waals surface area contributed by atoms with Gasteiger partial charge in [0.25, 0.3) is 0 Å². The molecule has 0 radical (unpaired) electrons. The molecule has 3 heterocycles. The number of rotatable bonds is 8. The molecule has 186 valence electrons. The molecule has 0 unspecified atom stereocenters. The van der Waals surface area contributed by atoms with Gasteiger partial charge in [0.05, 0.1) is 40.6 Å². The van der Waals surface area contributed by atoms with Crippen LogP contribution in [-0.4, -0.2) is 38.3 Å². The van der Waals surface area contributed by atoms with Crippen molar-refractivity contribution in [1.82, 2.24) is 15.0 Å². The molecule has 36 heavy (non-hydrogen) atoms. The number of hydrogen-bond donors (Lipinski definition) is 4. The highest BCUT2D eigenvalue weighted by atomic mass is 16.3. The van der Waals surface area contributed by atoms with Crippen molar-refractivity contribution in [3.05, 3.63) is 59.0 Å². The van der Waals surface area contributed by atoms with E-state index in [0.717, 1.165) is 47.0 Å². The predicted octanol–water partition coefficient (Wildman–Crippen LogP) is 4.40. The summed E-state index contributed by atoms with van der Waals surface area (Å²) in [7, 11) is 0. The lowest BCUT2D eigenvalue weighted by Crippen LogP contribution is -2.28. The van der Waals surface area contributed by atoms with Crippen molar-refractivity contribution in [3.8, 4) is 17.3 Å². The Morgan fingerprint density at radius 1 is 1.22 bits per heavy atom. The third-order valence-corrected chi connectivity index (χ3v) is 7.20. The van der Waals surface area contributed by atoms with Gasteiger partial charge in [-0.05, 0) is 68.5 Å². The number of anilines is 3. The maximum absolute atomic E-state index is 10.5. The maximum Gasteiger partial charge on any atom is 0.227 e. The molecule has 0 bridgehead atoms. The zero-order valence-electron chi connectivity index (χ0n) is 21.0. The normalized spacial score (nSPS) is 18.9. The number of nitrogens with one attached hydrogen (secondary N) is 2. The average molecular weight is 485 g/mol. The fraction of sp³-hybridized carbons (Fsp3) is 0.429. The average Bonchev–Trinajstić information content (AvgIpc) is 3.64. The van der Waals surface area contributed by atoms with Gasteiger partial charge in [-0.3, -0.25) is 4.98 Å². The largest absolute Gasteiger partial charge is 0.395 e. The molecule has 0 spiro atoms. The molecule has 2 aromatic heterocycles. The van der Waals surface area contributed by atoms with E-state index in [0.29, 0.717) is 29.4 Å². The second kappa shape index (κ2) is 9.16.